The van der Waals surface area contributed by atoms with E-state index < -0.39 is 0 Å². The van der Waals surface area contributed by atoms with Gasteiger partial charge in [0.05, 0.1) is 28.6 Å². The van der Waals surface area contributed by atoms with Gasteiger partial charge in [0.2, 0.25) is 0 Å². The van der Waals surface area contributed by atoms with Crippen molar-refractivity contribution < 1.29 is 9.84 Å². The Hall–Kier alpha value is -3.30. The van der Waals surface area contributed by atoms with Gasteiger partial charge in [0, 0.05) is 0 Å². The normalized spacial score (nSPS) is 11.3. The highest BCUT2D eigenvalue weighted by atomic mass is 35.5. The van der Waals surface area contributed by atoms with Crippen molar-refractivity contribution in [1.82, 2.24) is 9.97 Å². The van der Waals surface area contributed by atoms with Gasteiger partial charge in [-0.25, -0.2) is 4.98 Å². The second kappa shape index (κ2) is 6.67. The Morgan fingerprint density at radius 1 is 1.40 bits per heavy atom. The van der Waals surface area contributed by atoms with Gasteiger partial charge in [-0.3, -0.25) is 4.79 Å². The van der Waals surface area contributed by atoms with Crippen LogP contribution in [0.5, 0.6) is 11.5 Å². The van der Waals surface area contributed by atoms with Crippen LogP contribution in [0, 0.1) is 11.3 Å². The van der Waals surface area contributed by atoms with E-state index in [2.05, 4.69) is 9.97 Å². The van der Waals surface area contributed by atoms with Crippen LogP contribution >= 0.6 is 11.6 Å². The largest absolute Gasteiger partial charge is 0.503 e. The van der Waals surface area contributed by atoms with E-state index in [9.17, 15) is 15.2 Å². The fraction of sp³-hybridized carbons (Fsp3) is 0.0556. The lowest BCUT2D eigenvalue weighted by Gasteiger charge is -2.07. The van der Waals surface area contributed by atoms with Gasteiger partial charge in [0.1, 0.15) is 6.07 Å². The Bertz CT molecular complexity index is 1100. The van der Waals surface area contributed by atoms with E-state index in [0.717, 1.165) is 0 Å². The number of methoxy groups -OCH3 is 1. The number of fused-ring (bicyclic) bond motifs is 1. The summed E-state index contributed by atoms with van der Waals surface area (Å²) in [6, 6.07) is 11.9. The molecule has 0 amide bonds. The van der Waals surface area contributed by atoms with E-state index in [1.165, 1.54) is 25.3 Å². The van der Waals surface area contributed by atoms with Crippen molar-refractivity contribution in [2.45, 2.75) is 0 Å². The fourth-order valence-electron chi connectivity index (χ4n) is 2.37. The molecule has 1 aromatic heterocycles. The number of rotatable bonds is 3. The molecule has 0 unspecified atom stereocenters. The zero-order valence-electron chi connectivity index (χ0n) is 13.1. The Kier molecular flexibility index (Phi) is 4.42. The molecule has 0 spiro atoms. The molecule has 6 nitrogen and oxygen atoms in total. The van der Waals surface area contributed by atoms with Crippen LogP contribution in [0.1, 0.15) is 11.4 Å². The van der Waals surface area contributed by atoms with Crippen LogP contribution in [0.2, 0.25) is 5.02 Å². The minimum Gasteiger partial charge on any atom is -0.503 e. The molecule has 2 N–H and O–H groups in total. The monoisotopic (exact) mass is 353 g/mol. The SMILES string of the molecule is COc1cc(/C=C(/C#N)c2nc3ccccc3c(=O)[nH]2)cc(Cl)c1O. The molecule has 1 heterocycles. The van der Waals surface area contributed by atoms with Crippen molar-refractivity contribution in [2.24, 2.45) is 0 Å². The average Bonchev–Trinajstić information content (AvgIpc) is 2.62. The van der Waals surface area contributed by atoms with Gasteiger partial charge in [-0.05, 0) is 35.9 Å². The average molecular weight is 354 g/mol. The molecule has 0 fully saturated rings. The number of nitrogens with zero attached hydrogens (tertiary/aromatic N) is 2. The molecule has 0 atom stereocenters. The number of para-hydroxylation sites is 1. The number of nitrogens with one attached hydrogen (secondary N) is 1. The van der Waals surface area contributed by atoms with E-state index in [-0.39, 0.29) is 33.5 Å². The first-order chi connectivity index (χ1) is 12.0. The highest BCUT2D eigenvalue weighted by Crippen LogP contribution is 2.35. The van der Waals surface area contributed by atoms with Crippen molar-refractivity contribution in [3.8, 4) is 17.6 Å². The number of aromatic hydroxyl groups is 1. The molecule has 2 aromatic carbocycles. The number of nitriles is 1. The van der Waals surface area contributed by atoms with Crippen LogP contribution in [0.3, 0.4) is 0 Å². The molecule has 0 radical (unpaired) electrons. The number of phenols is 1. The van der Waals surface area contributed by atoms with Crippen LogP contribution in [0.15, 0.2) is 41.2 Å². The van der Waals surface area contributed by atoms with E-state index in [0.29, 0.717) is 16.5 Å². The van der Waals surface area contributed by atoms with Gasteiger partial charge in [0.15, 0.2) is 17.3 Å². The Morgan fingerprint density at radius 3 is 2.88 bits per heavy atom. The Labute approximate surface area is 147 Å². The number of aromatic nitrogens is 2. The van der Waals surface area contributed by atoms with Gasteiger partial charge in [0.25, 0.3) is 5.56 Å². The van der Waals surface area contributed by atoms with Gasteiger partial charge in [-0.2, -0.15) is 5.26 Å². The first kappa shape index (κ1) is 16.6. The molecule has 0 saturated carbocycles. The molecule has 3 rings (SSSR count). The molecule has 7 heteroatoms. The molecule has 0 saturated heterocycles. The number of ether oxygens (including phenoxy) is 1. The molecule has 0 aliphatic heterocycles. The predicted octanol–water partition coefficient (Wildman–Crippen LogP) is 3.35. The van der Waals surface area contributed by atoms with Crippen LogP contribution < -0.4 is 10.3 Å². The van der Waals surface area contributed by atoms with Gasteiger partial charge in [-0.15, -0.1) is 0 Å². The van der Waals surface area contributed by atoms with Gasteiger partial charge in [-0.1, -0.05) is 23.7 Å². The maximum Gasteiger partial charge on any atom is 0.259 e. The van der Waals surface area contributed by atoms with Crippen molar-refractivity contribution in [3.05, 3.63) is 63.2 Å². The molecular weight excluding hydrogens is 342 g/mol. The number of aromatic amines is 1. The number of hydrogen-bond acceptors (Lipinski definition) is 5. The number of allylic oxidation sites excluding steroid dienone is 1. The lowest BCUT2D eigenvalue weighted by molar-refractivity contribution is 0.373. The number of H-pyrrole nitrogens is 1. The number of halogens is 1. The minimum atomic E-state index is -0.330. The lowest BCUT2D eigenvalue weighted by Crippen LogP contribution is -2.11. The fourth-order valence-corrected chi connectivity index (χ4v) is 2.59. The highest BCUT2D eigenvalue weighted by Gasteiger charge is 2.11. The van der Waals surface area contributed by atoms with E-state index in [1.54, 1.807) is 24.3 Å². The summed E-state index contributed by atoms with van der Waals surface area (Å²) in [7, 11) is 1.40. The Balaban J connectivity index is 2.15. The van der Waals surface area contributed by atoms with Crippen LogP contribution in [0.4, 0.5) is 0 Å². The summed E-state index contributed by atoms with van der Waals surface area (Å²) in [5, 5.41) is 19.8. The molecule has 124 valence electrons. The van der Waals surface area contributed by atoms with Crippen molar-refractivity contribution in [3.63, 3.8) is 0 Å². The summed E-state index contributed by atoms with van der Waals surface area (Å²) in [5.74, 6) is 0.141. The third-order valence-electron chi connectivity index (χ3n) is 3.57. The summed E-state index contributed by atoms with van der Waals surface area (Å²) in [6.45, 7) is 0. The first-order valence-electron chi connectivity index (χ1n) is 7.21. The Morgan fingerprint density at radius 2 is 2.16 bits per heavy atom. The summed E-state index contributed by atoms with van der Waals surface area (Å²) in [6.07, 6.45) is 1.50. The highest BCUT2D eigenvalue weighted by molar-refractivity contribution is 6.32. The summed E-state index contributed by atoms with van der Waals surface area (Å²) >= 11 is 5.96. The summed E-state index contributed by atoms with van der Waals surface area (Å²) in [4.78, 5) is 19.1. The molecule has 25 heavy (non-hydrogen) atoms. The second-order valence-corrected chi connectivity index (χ2v) is 5.56. The predicted molar refractivity (Wildman–Crippen MR) is 95.5 cm³/mol. The minimum absolute atomic E-state index is 0.0860. The maximum atomic E-state index is 12.2. The maximum absolute atomic E-state index is 12.2. The topological polar surface area (TPSA) is 99.0 Å². The smallest absolute Gasteiger partial charge is 0.259 e. The number of phenolic OH excluding ortho intramolecular Hbond substituents is 1. The third kappa shape index (κ3) is 3.18. The summed E-state index contributed by atoms with van der Waals surface area (Å²) in [5.41, 5.74) is 0.824. The van der Waals surface area contributed by atoms with Gasteiger partial charge < -0.3 is 14.8 Å². The lowest BCUT2D eigenvalue weighted by atomic mass is 10.1. The van der Waals surface area contributed by atoms with Crippen LogP contribution in [-0.4, -0.2) is 22.2 Å². The van der Waals surface area contributed by atoms with E-state index in [1.807, 2.05) is 6.07 Å². The van der Waals surface area contributed by atoms with E-state index >= 15 is 0 Å². The van der Waals surface area contributed by atoms with Crippen molar-refractivity contribution >= 4 is 34.2 Å². The molecule has 0 bridgehead atoms. The molecule has 3 aromatic rings. The number of hydrogen-bond donors (Lipinski definition) is 2. The van der Waals surface area contributed by atoms with Crippen LogP contribution in [-0.2, 0) is 0 Å². The third-order valence-corrected chi connectivity index (χ3v) is 3.86. The summed E-state index contributed by atoms with van der Waals surface area (Å²) < 4.78 is 5.04. The van der Waals surface area contributed by atoms with Crippen molar-refractivity contribution in [1.29, 1.82) is 5.26 Å². The van der Waals surface area contributed by atoms with E-state index in [4.69, 9.17) is 16.3 Å². The molecular formula is C18H12ClN3O3. The quantitative estimate of drug-likeness (QED) is 0.703. The molecule has 0 aliphatic rings. The van der Waals surface area contributed by atoms with Crippen molar-refractivity contribution in [2.75, 3.05) is 7.11 Å². The van der Waals surface area contributed by atoms with Crippen LogP contribution in [0.25, 0.3) is 22.6 Å². The standard InChI is InChI=1S/C18H12ClN3O3/c1-25-15-8-10(7-13(19)16(15)23)6-11(9-20)17-21-14-5-3-2-4-12(14)18(24)22-17/h2-8,23H,1H3,(H,21,22,24)/b11-6-. The zero-order valence-corrected chi connectivity index (χ0v) is 13.8. The molecule has 0 aliphatic carbocycles. The number of benzene rings is 2. The first-order valence-corrected chi connectivity index (χ1v) is 7.59. The zero-order chi connectivity index (χ0) is 18.0. The van der Waals surface area contributed by atoms with Gasteiger partial charge >= 0.3 is 0 Å². The second-order valence-electron chi connectivity index (χ2n) is 5.16.